The normalized spacial score (nSPS) is 12.1. The van der Waals surface area contributed by atoms with Gasteiger partial charge in [0.25, 0.3) is 0 Å². The quantitative estimate of drug-likeness (QED) is 0.250. The van der Waals surface area contributed by atoms with Crippen molar-refractivity contribution in [2.24, 2.45) is 0 Å². The fraction of sp³-hybridized carbons (Fsp3) is 0.667. The van der Waals surface area contributed by atoms with Gasteiger partial charge in [0.2, 0.25) is 0 Å². The van der Waals surface area contributed by atoms with Gasteiger partial charge >= 0.3 is 5.97 Å². The molecule has 0 spiro atoms. The Morgan fingerprint density at radius 1 is 1.06 bits per heavy atom. The molecular weight excluding hydrogens is 212 g/mol. The number of hydrogen-bond donors (Lipinski definition) is 0. The summed E-state index contributed by atoms with van der Waals surface area (Å²) in [6.45, 7) is 5.77. The van der Waals surface area contributed by atoms with Crippen molar-refractivity contribution in [3.63, 3.8) is 0 Å². The van der Waals surface area contributed by atoms with E-state index >= 15 is 0 Å². The summed E-state index contributed by atoms with van der Waals surface area (Å²) in [6, 6.07) is 0. The van der Waals surface area contributed by atoms with Crippen molar-refractivity contribution in [2.45, 2.75) is 65.7 Å². The highest BCUT2D eigenvalue weighted by atomic mass is 16.5. The van der Waals surface area contributed by atoms with Crippen LogP contribution in [0.1, 0.15) is 65.7 Å². The number of carbonyl (C=O) groups excluding carboxylic acids is 1. The minimum Gasteiger partial charge on any atom is -0.431 e. The highest BCUT2D eigenvalue weighted by Gasteiger charge is 1.99. The van der Waals surface area contributed by atoms with Crippen LogP contribution in [-0.4, -0.2) is 5.97 Å². The van der Waals surface area contributed by atoms with Gasteiger partial charge in [0.15, 0.2) is 0 Å². The number of ether oxygens (including phenoxy) is 1. The van der Waals surface area contributed by atoms with Crippen LogP contribution >= 0.6 is 0 Å². The number of allylic oxidation sites excluding steroid dienone is 3. The molecule has 0 radical (unpaired) electrons. The molecule has 0 N–H and O–H groups in total. The molecule has 2 heteroatoms. The van der Waals surface area contributed by atoms with Crippen LogP contribution in [0, 0.1) is 0 Å². The average molecular weight is 238 g/mol. The maximum absolute atomic E-state index is 10.9. The zero-order chi connectivity index (χ0) is 12.9. The van der Waals surface area contributed by atoms with Crippen LogP contribution < -0.4 is 0 Å². The molecule has 0 heterocycles. The van der Waals surface area contributed by atoms with Crippen molar-refractivity contribution in [3.8, 4) is 0 Å². The summed E-state index contributed by atoms with van der Waals surface area (Å²) < 4.78 is 5.15. The smallest absolute Gasteiger partial charge is 0.307 e. The Labute approximate surface area is 106 Å². The monoisotopic (exact) mass is 238 g/mol. The SMILES string of the molecule is CCC/C=C(/CC=CCCCCC)OC(C)=O. The standard InChI is InChI=1S/C15H26O2/c1-4-6-8-9-10-11-13-15(12-7-5-2)17-14(3)16/h10-12H,4-9,13H2,1-3H3/b11-10?,15-12-. The first-order valence-electron chi connectivity index (χ1n) is 6.73. The van der Waals surface area contributed by atoms with E-state index in [0.29, 0.717) is 0 Å². The Hall–Kier alpha value is -1.05. The first-order chi connectivity index (χ1) is 8.20. The maximum Gasteiger partial charge on any atom is 0.307 e. The Bertz CT molecular complexity index is 252. The molecule has 0 aromatic heterocycles. The molecule has 0 unspecified atom stereocenters. The number of unbranched alkanes of at least 4 members (excludes halogenated alkanes) is 4. The van der Waals surface area contributed by atoms with Gasteiger partial charge in [0, 0.05) is 13.3 Å². The van der Waals surface area contributed by atoms with Crippen LogP contribution in [0.2, 0.25) is 0 Å². The minimum atomic E-state index is -0.230. The zero-order valence-corrected chi connectivity index (χ0v) is 11.5. The first-order valence-corrected chi connectivity index (χ1v) is 6.73. The van der Waals surface area contributed by atoms with Crippen molar-refractivity contribution >= 4 is 5.97 Å². The fourth-order valence-corrected chi connectivity index (χ4v) is 1.49. The summed E-state index contributed by atoms with van der Waals surface area (Å²) in [4.78, 5) is 10.9. The van der Waals surface area contributed by atoms with Gasteiger partial charge in [-0.15, -0.1) is 0 Å². The predicted octanol–water partition coefficient (Wildman–Crippen LogP) is 4.76. The molecule has 0 fully saturated rings. The van der Waals surface area contributed by atoms with Gasteiger partial charge in [-0.25, -0.2) is 0 Å². The molecule has 0 rings (SSSR count). The van der Waals surface area contributed by atoms with Crippen molar-refractivity contribution in [2.75, 3.05) is 0 Å². The molecule has 98 valence electrons. The Balaban J connectivity index is 3.94. The number of rotatable bonds is 9. The molecule has 0 aliphatic heterocycles. The van der Waals surface area contributed by atoms with Gasteiger partial charge in [-0.3, -0.25) is 4.79 Å². The van der Waals surface area contributed by atoms with Crippen molar-refractivity contribution in [1.29, 1.82) is 0 Å². The number of carbonyl (C=O) groups is 1. The van der Waals surface area contributed by atoms with Crippen LogP contribution in [0.15, 0.2) is 24.0 Å². The third-order valence-electron chi connectivity index (χ3n) is 2.40. The van der Waals surface area contributed by atoms with Crippen LogP contribution in [0.4, 0.5) is 0 Å². The predicted molar refractivity (Wildman–Crippen MR) is 72.7 cm³/mol. The number of esters is 1. The molecule has 0 aliphatic carbocycles. The molecule has 0 aliphatic rings. The third kappa shape index (κ3) is 11.2. The van der Waals surface area contributed by atoms with E-state index in [0.717, 1.165) is 31.4 Å². The van der Waals surface area contributed by atoms with E-state index in [9.17, 15) is 4.79 Å². The minimum absolute atomic E-state index is 0.230. The summed E-state index contributed by atoms with van der Waals surface area (Å²) in [7, 11) is 0. The van der Waals surface area contributed by atoms with Gasteiger partial charge in [-0.1, -0.05) is 45.3 Å². The van der Waals surface area contributed by atoms with E-state index in [1.807, 2.05) is 6.08 Å². The van der Waals surface area contributed by atoms with E-state index < -0.39 is 0 Å². The maximum atomic E-state index is 10.9. The van der Waals surface area contributed by atoms with E-state index in [1.165, 1.54) is 26.2 Å². The lowest BCUT2D eigenvalue weighted by Crippen LogP contribution is -1.98. The fourth-order valence-electron chi connectivity index (χ4n) is 1.49. The Kier molecular flexibility index (Phi) is 10.7. The average Bonchev–Trinajstić information content (AvgIpc) is 2.29. The van der Waals surface area contributed by atoms with E-state index in [2.05, 4.69) is 26.0 Å². The molecule has 0 atom stereocenters. The molecular formula is C15H26O2. The van der Waals surface area contributed by atoms with Crippen molar-refractivity contribution in [1.82, 2.24) is 0 Å². The lowest BCUT2D eigenvalue weighted by molar-refractivity contribution is -0.137. The summed E-state index contributed by atoms with van der Waals surface area (Å²) in [5.41, 5.74) is 0. The largest absolute Gasteiger partial charge is 0.431 e. The Morgan fingerprint density at radius 3 is 2.41 bits per heavy atom. The van der Waals surface area contributed by atoms with Crippen LogP contribution in [-0.2, 0) is 9.53 Å². The molecule has 0 aromatic carbocycles. The van der Waals surface area contributed by atoms with Gasteiger partial charge in [0.1, 0.15) is 5.76 Å². The molecule has 17 heavy (non-hydrogen) atoms. The first kappa shape index (κ1) is 16.0. The molecule has 0 amide bonds. The highest BCUT2D eigenvalue weighted by Crippen LogP contribution is 2.09. The topological polar surface area (TPSA) is 26.3 Å². The van der Waals surface area contributed by atoms with Crippen LogP contribution in [0.3, 0.4) is 0 Å². The summed E-state index contributed by atoms with van der Waals surface area (Å²) >= 11 is 0. The third-order valence-corrected chi connectivity index (χ3v) is 2.40. The highest BCUT2D eigenvalue weighted by molar-refractivity contribution is 5.67. The Morgan fingerprint density at radius 2 is 1.82 bits per heavy atom. The molecule has 0 aromatic rings. The van der Waals surface area contributed by atoms with Crippen molar-refractivity contribution < 1.29 is 9.53 Å². The summed E-state index contributed by atoms with van der Waals surface area (Å²) in [5.74, 6) is 0.554. The van der Waals surface area contributed by atoms with Crippen LogP contribution in [0.5, 0.6) is 0 Å². The van der Waals surface area contributed by atoms with Crippen LogP contribution in [0.25, 0.3) is 0 Å². The molecule has 0 saturated carbocycles. The van der Waals surface area contributed by atoms with Gasteiger partial charge in [-0.2, -0.15) is 0 Å². The van der Waals surface area contributed by atoms with Gasteiger partial charge in [-0.05, 0) is 25.3 Å². The van der Waals surface area contributed by atoms with Gasteiger partial charge < -0.3 is 4.74 Å². The molecule has 2 nitrogen and oxygen atoms in total. The van der Waals surface area contributed by atoms with Gasteiger partial charge in [0.05, 0.1) is 0 Å². The van der Waals surface area contributed by atoms with Crippen molar-refractivity contribution in [3.05, 3.63) is 24.0 Å². The second-order valence-corrected chi connectivity index (χ2v) is 4.22. The van der Waals surface area contributed by atoms with E-state index in [-0.39, 0.29) is 5.97 Å². The number of hydrogen-bond acceptors (Lipinski definition) is 2. The summed E-state index contributed by atoms with van der Waals surface area (Å²) in [5, 5.41) is 0. The molecule has 0 bridgehead atoms. The molecule has 0 saturated heterocycles. The lowest BCUT2D eigenvalue weighted by atomic mass is 10.2. The lowest BCUT2D eigenvalue weighted by Gasteiger charge is -2.04. The second kappa shape index (κ2) is 11.4. The van der Waals surface area contributed by atoms with E-state index in [4.69, 9.17) is 4.74 Å². The summed E-state index contributed by atoms with van der Waals surface area (Å²) in [6.07, 6.45) is 14.0. The zero-order valence-electron chi connectivity index (χ0n) is 11.5. The van der Waals surface area contributed by atoms with E-state index in [1.54, 1.807) is 0 Å². The second-order valence-electron chi connectivity index (χ2n) is 4.22.